The van der Waals surface area contributed by atoms with Crippen LogP contribution < -0.4 is 10.6 Å². The van der Waals surface area contributed by atoms with Gasteiger partial charge in [0.25, 0.3) is 5.91 Å². The van der Waals surface area contributed by atoms with Crippen molar-refractivity contribution in [2.75, 3.05) is 6.61 Å². The van der Waals surface area contributed by atoms with E-state index in [1.165, 1.54) is 0 Å². The van der Waals surface area contributed by atoms with Crippen molar-refractivity contribution in [3.8, 4) is 0 Å². The maximum Gasteiger partial charge on any atom is 0.253 e. The second-order valence-corrected chi connectivity index (χ2v) is 6.36. The number of aliphatic hydroxyl groups is 1. The van der Waals surface area contributed by atoms with Gasteiger partial charge in [-0.1, -0.05) is 37.6 Å². The Kier molecular flexibility index (Phi) is 8.06. The molecule has 1 aromatic carbocycles. The minimum absolute atomic E-state index is 0.0619. The maximum absolute atomic E-state index is 12.4. The number of benzene rings is 1. The summed E-state index contributed by atoms with van der Waals surface area (Å²) in [6.45, 7) is 5.71. The van der Waals surface area contributed by atoms with Gasteiger partial charge in [-0.05, 0) is 37.8 Å². The van der Waals surface area contributed by atoms with Crippen LogP contribution in [0, 0.1) is 5.92 Å². The number of rotatable bonds is 8. The summed E-state index contributed by atoms with van der Waals surface area (Å²) in [4.78, 5) is 24.7. The van der Waals surface area contributed by atoms with E-state index in [4.69, 9.17) is 16.7 Å². The molecule has 0 aliphatic rings. The van der Waals surface area contributed by atoms with Crippen molar-refractivity contribution in [2.24, 2.45) is 5.92 Å². The third kappa shape index (κ3) is 6.20. The van der Waals surface area contributed by atoms with Gasteiger partial charge in [0, 0.05) is 12.6 Å². The largest absolute Gasteiger partial charge is 0.396 e. The van der Waals surface area contributed by atoms with E-state index in [0.717, 1.165) is 0 Å². The van der Waals surface area contributed by atoms with Crippen molar-refractivity contribution in [1.82, 2.24) is 10.6 Å². The van der Waals surface area contributed by atoms with Crippen LogP contribution in [0.4, 0.5) is 0 Å². The lowest BCUT2D eigenvalue weighted by Gasteiger charge is -2.24. The van der Waals surface area contributed by atoms with Gasteiger partial charge in [-0.3, -0.25) is 9.59 Å². The summed E-state index contributed by atoms with van der Waals surface area (Å²) in [5.41, 5.74) is 0.348. The zero-order valence-electron chi connectivity index (χ0n) is 13.8. The van der Waals surface area contributed by atoms with Crippen LogP contribution in [0.1, 0.15) is 44.0 Å². The molecule has 0 spiro atoms. The van der Waals surface area contributed by atoms with Gasteiger partial charge in [-0.2, -0.15) is 0 Å². The fourth-order valence-corrected chi connectivity index (χ4v) is 2.42. The number of halogens is 1. The van der Waals surface area contributed by atoms with E-state index in [1.807, 2.05) is 20.8 Å². The van der Waals surface area contributed by atoms with Crippen molar-refractivity contribution in [1.29, 1.82) is 0 Å². The number of hydrogen-bond acceptors (Lipinski definition) is 3. The highest BCUT2D eigenvalue weighted by Gasteiger charge is 2.26. The van der Waals surface area contributed by atoms with Crippen LogP contribution in [0.3, 0.4) is 0 Å². The van der Waals surface area contributed by atoms with Crippen molar-refractivity contribution >= 4 is 23.4 Å². The average Bonchev–Trinajstić information content (AvgIpc) is 2.50. The highest BCUT2D eigenvalue weighted by atomic mass is 35.5. The van der Waals surface area contributed by atoms with Gasteiger partial charge >= 0.3 is 0 Å². The van der Waals surface area contributed by atoms with Crippen molar-refractivity contribution < 1.29 is 14.7 Å². The predicted molar refractivity (Wildman–Crippen MR) is 91.5 cm³/mol. The number of amides is 2. The summed E-state index contributed by atoms with van der Waals surface area (Å²) in [7, 11) is 0. The molecule has 3 N–H and O–H groups in total. The van der Waals surface area contributed by atoms with Crippen LogP contribution in [0.5, 0.6) is 0 Å². The number of aliphatic hydroxyl groups excluding tert-OH is 1. The average molecular weight is 341 g/mol. The molecule has 5 nitrogen and oxygen atoms in total. The van der Waals surface area contributed by atoms with E-state index in [1.54, 1.807) is 24.3 Å². The number of nitrogens with one attached hydrogen (secondary N) is 2. The maximum atomic E-state index is 12.4. The Hall–Kier alpha value is -1.59. The lowest BCUT2D eigenvalue weighted by molar-refractivity contribution is -0.124. The first-order valence-electron chi connectivity index (χ1n) is 7.83. The minimum Gasteiger partial charge on any atom is -0.396 e. The Morgan fingerprint density at radius 1 is 1.17 bits per heavy atom. The van der Waals surface area contributed by atoms with Crippen LogP contribution >= 0.6 is 11.6 Å². The molecule has 1 aromatic rings. The number of carbonyl (C=O) groups is 2. The van der Waals surface area contributed by atoms with Gasteiger partial charge in [0.15, 0.2) is 0 Å². The first-order chi connectivity index (χ1) is 10.9. The monoisotopic (exact) mass is 340 g/mol. The molecular weight excluding hydrogens is 316 g/mol. The molecule has 0 aromatic heterocycles. The topological polar surface area (TPSA) is 78.4 Å². The van der Waals surface area contributed by atoms with Gasteiger partial charge in [0.05, 0.1) is 10.6 Å². The summed E-state index contributed by atoms with van der Waals surface area (Å²) < 4.78 is 0. The minimum atomic E-state index is -0.643. The molecule has 0 heterocycles. The second-order valence-electron chi connectivity index (χ2n) is 5.95. The molecule has 6 heteroatoms. The lowest BCUT2D eigenvalue weighted by atomic mass is 10.0. The second kappa shape index (κ2) is 9.53. The fourth-order valence-electron chi connectivity index (χ4n) is 2.20. The number of hydrogen-bond donors (Lipinski definition) is 3. The van der Waals surface area contributed by atoms with Crippen LogP contribution in [0.2, 0.25) is 5.02 Å². The smallest absolute Gasteiger partial charge is 0.253 e. The summed E-state index contributed by atoms with van der Waals surface area (Å²) >= 11 is 6.02. The molecular formula is C17H25ClN2O3. The fraction of sp³-hybridized carbons (Fsp3) is 0.529. The Bertz CT molecular complexity index is 534. The Morgan fingerprint density at radius 3 is 2.39 bits per heavy atom. The molecule has 0 aliphatic carbocycles. The molecule has 0 radical (unpaired) electrons. The highest BCUT2D eigenvalue weighted by molar-refractivity contribution is 6.33. The quantitative estimate of drug-likeness (QED) is 0.679. The van der Waals surface area contributed by atoms with E-state index >= 15 is 0 Å². The highest BCUT2D eigenvalue weighted by Crippen LogP contribution is 2.15. The molecule has 2 amide bonds. The van der Waals surface area contributed by atoms with Crippen LogP contribution in [-0.2, 0) is 4.79 Å². The molecule has 128 valence electrons. The first kappa shape index (κ1) is 19.5. The molecule has 0 saturated carbocycles. The molecule has 1 rings (SSSR count). The third-order valence-electron chi connectivity index (χ3n) is 3.54. The summed E-state index contributed by atoms with van der Waals surface area (Å²) in [6, 6.07) is 6.02. The van der Waals surface area contributed by atoms with Crippen LogP contribution in [0.15, 0.2) is 24.3 Å². The molecule has 0 bridgehead atoms. The summed E-state index contributed by atoms with van der Waals surface area (Å²) in [5.74, 6) is -0.662. The Labute approximate surface area is 142 Å². The zero-order chi connectivity index (χ0) is 17.4. The van der Waals surface area contributed by atoms with Gasteiger partial charge in [0.1, 0.15) is 6.04 Å². The van der Waals surface area contributed by atoms with Crippen molar-refractivity contribution in [3.63, 3.8) is 0 Å². The van der Waals surface area contributed by atoms with E-state index in [-0.39, 0.29) is 30.4 Å². The molecule has 23 heavy (non-hydrogen) atoms. The van der Waals surface area contributed by atoms with E-state index < -0.39 is 6.04 Å². The third-order valence-corrected chi connectivity index (χ3v) is 3.87. The summed E-state index contributed by atoms with van der Waals surface area (Å²) in [6.07, 6.45) is 1.31. The van der Waals surface area contributed by atoms with E-state index in [0.29, 0.717) is 23.4 Å². The summed E-state index contributed by atoms with van der Waals surface area (Å²) in [5, 5.41) is 14.8. The Morgan fingerprint density at radius 2 is 1.83 bits per heavy atom. The van der Waals surface area contributed by atoms with Crippen LogP contribution in [0.25, 0.3) is 0 Å². The molecule has 2 atom stereocenters. The van der Waals surface area contributed by atoms with Gasteiger partial charge < -0.3 is 15.7 Å². The van der Waals surface area contributed by atoms with Crippen molar-refractivity contribution in [2.45, 2.75) is 45.7 Å². The Balaban J connectivity index is 2.73. The standard InChI is InChI=1S/C17H25ClN2O3/c1-11(2)15(17(23)19-12(3)7-6-10-21)20-16(22)13-8-4-5-9-14(13)18/h4-5,8-9,11-12,15,21H,6-7,10H2,1-3H3,(H,19,23)(H,20,22). The normalized spacial score (nSPS) is 13.5. The molecule has 0 fully saturated rings. The van der Waals surface area contributed by atoms with Gasteiger partial charge in [-0.15, -0.1) is 0 Å². The van der Waals surface area contributed by atoms with Crippen LogP contribution in [-0.4, -0.2) is 35.6 Å². The zero-order valence-corrected chi connectivity index (χ0v) is 14.6. The first-order valence-corrected chi connectivity index (χ1v) is 8.21. The van der Waals surface area contributed by atoms with E-state index in [9.17, 15) is 9.59 Å². The van der Waals surface area contributed by atoms with Gasteiger partial charge in [-0.25, -0.2) is 0 Å². The van der Waals surface area contributed by atoms with Gasteiger partial charge in [0.2, 0.25) is 5.91 Å². The molecule has 0 saturated heterocycles. The number of carbonyl (C=O) groups excluding carboxylic acids is 2. The molecule has 2 unspecified atom stereocenters. The predicted octanol–water partition coefficient (Wildman–Crippen LogP) is 2.37. The molecule has 0 aliphatic heterocycles. The lowest BCUT2D eigenvalue weighted by Crippen LogP contribution is -2.51. The van der Waals surface area contributed by atoms with Crippen molar-refractivity contribution in [3.05, 3.63) is 34.9 Å². The van der Waals surface area contributed by atoms with E-state index in [2.05, 4.69) is 10.6 Å². The SMILES string of the molecule is CC(CCCO)NC(=O)C(NC(=O)c1ccccc1Cl)C(C)C.